The van der Waals surface area contributed by atoms with Crippen molar-refractivity contribution in [3.05, 3.63) is 69.8 Å². The Morgan fingerprint density at radius 2 is 2.11 bits per heavy atom. The van der Waals surface area contributed by atoms with Crippen molar-refractivity contribution in [1.82, 2.24) is 14.8 Å². The van der Waals surface area contributed by atoms with Crippen LogP contribution in [-0.2, 0) is 12.3 Å². The highest BCUT2D eigenvalue weighted by Gasteiger charge is 2.17. The van der Waals surface area contributed by atoms with E-state index in [0.717, 1.165) is 38.1 Å². The van der Waals surface area contributed by atoms with E-state index >= 15 is 0 Å². The van der Waals surface area contributed by atoms with Crippen LogP contribution in [0, 0.1) is 0 Å². The lowest BCUT2D eigenvalue weighted by atomic mass is 10.2. The van der Waals surface area contributed by atoms with Crippen LogP contribution >= 0.6 is 34.7 Å². The van der Waals surface area contributed by atoms with Crippen LogP contribution in [-0.4, -0.2) is 21.9 Å². The molecule has 0 spiro atoms. The molecular formula is C19H16ClN3O2S2. The Bertz CT molecular complexity index is 1030. The summed E-state index contributed by atoms with van der Waals surface area (Å²) in [6, 6.07) is 15.6. The minimum Gasteiger partial charge on any atom is -0.497 e. The second-order valence-corrected chi connectivity index (χ2v) is 8.44. The number of benzene rings is 1. The Kier molecular flexibility index (Phi) is 5.52. The molecule has 138 valence electrons. The fourth-order valence-electron chi connectivity index (χ4n) is 2.64. The molecule has 0 aliphatic carbocycles. The Morgan fingerprint density at radius 3 is 2.85 bits per heavy atom. The average Bonchev–Trinajstić information content (AvgIpc) is 3.43. The zero-order chi connectivity index (χ0) is 18.6. The lowest BCUT2D eigenvalue weighted by molar-refractivity contribution is 0.415. The molecule has 0 saturated carbocycles. The average molecular weight is 418 g/mol. The highest BCUT2D eigenvalue weighted by atomic mass is 35.5. The molecule has 0 amide bonds. The first-order valence-corrected chi connectivity index (χ1v) is 10.4. The largest absolute Gasteiger partial charge is 0.497 e. The first-order valence-electron chi connectivity index (χ1n) is 8.20. The van der Waals surface area contributed by atoms with Gasteiger partial charge in [-0.3, -0.25) is 4.57 Å². The lowest BCUT2D eigenvalue weighted by Gasteiger charge is -2.09. The van der Waals surface area contributed by atoms with Crippen molar-refractivity contribution in [3.63, 3.8) is 0 Å². The van der Waals surface area contributed by atoms with Crippen LogP contribution in [0.25, 0.3) is 11.4 Å². The number of hydrogen-bond donors (Lipinski definition) is 0. The third-order valence-electron chi connectivity index (χ3n) is 3.91. The maximum atomic E-state index is 6.03. The first kappa shape index (κ1) is 18.2. The summed E-state index contributed by atoms with van der Waals surface area (Å²) in [6.07, 6.45) is 1.67. The van der Waals surface area contributed by atoms with Gasteiger partial charge in [0.2, 0.25) is 0 Å². The Morgan fingerprint density at radius 1 is 1.19 bits per heavy atom. The van der Waals surface area contributed by atoms with Crippen molar-refractivity contribution in [2.75, 3.05) is 7.11 Å². The van der Waals surface area contributed by atoms with Crippen LogP contribution in [0.3, 0.4) is 0 Å². The normalized spacial score (nSPS) is 11.0. The van der Waals surface area contributed by atoms with Gasteiger partial charge in [-0.05, 0) is 36.4 Å². The summed E-state index contributed by atoms with van der Waals surface area (Å²) in [5.41, 5.74) is 0.944. The fourth-order valence-corrected chi connectivity index (χ4v) is 4.71. The molecule has 0 bridgehead atoms. The second-order valence-electron chi connectivity index (χ2n) is 5.70. The van der Waals surface area contributed by atoms with Gasteiger partial charge in [-0.2, -0.15) is 0 Å². The zero-order valence-electron chi connectivity index (χ0n) is 14.5. The molecule has 3 heterocycles. The molecule has 0 saturated heterocycles. The number of halogens is 1. The molecule has 0 aliphatic heterocycles. The van der Waals surface area contributed by atoms with Crippen molar-refractivity contribution >= 4 is 34.7 Å². The summed E-state index contributed by atoms with van der Waals surface area (Å²) < 4.78 is 13.7. The maximum Gasteiger partial charge on any atom is 0.192 e. The van der Waals surface area contributed by atoms with Gasteiger partial charge in [0.1, 0.15) is 11.5 Å². The van der Waals surface area contributed by atoms with Crippen LogP contribution in [0.5, 0.6) is 5.75 Å². The molecule has 0 atom stereocenters. The van der Waals surface area contributed by atoms with Gasteiger partial charge in [0.05, 0.1) is 24.3 Å². The number of nitrogens with zero attached hydrogens (tertiary/aromatic N) is 3. The molecule has 27 heavy (non-hydrogen) atoms. The predicted molar refractivity (Wildman–Crippen MR) is 109 cm³/mol. The first-order chi connectivity index (χ1) is 13.2. The van der Waals surface area contributed by atoms with Gasteiger partial charge in [-0.15, -0.1) is 21.5 Å². The van der Waals surface area contributed by atoms with Gasteiger partial charge in [-0.25, -0.2) is 0 Å². The summed E-state index contributed by atoms with van der Waals surface area (Å²) in [6.45, 7) is 0.556. The third kappa shape index (κ3) is 4.21. The number of furan rings is 1. The van der Waals surface area contributed by atoms with Crippen molar-refractivity contribution in [2.24, 2.45) is 0 Å². The molecule has 4 aromatic rings. The highest BCUT2D eigenvalue weighted by molar-refractivity contribution is 7.98. The summed E-state index contributed by atoms with van der Waals surface area (Å²) in [4.78, 5) is 1.19. The van der Waals surface area contributed by atoms with Gasteiger partial charge >= 0.3 is 0 Å². The number of thioether (sulfide) groups is 1. The van der Waals surface area contributed by atoms with Crippen LogP contribution in [0.1, 0.15) is 10.6 Å². The van der Waals surface area contributed by atoms with Gasteiger partial charge in [0.25, 0.3) is 0 Å². The van der Waals surface area contributed by atoms with Crippen LogP contribution in [0.4, 0.5) is 0 Å². The third-order valence-corrected chi connectivity index (χ3v) is 6.34. The Balaban J connectivity index is 1.66. The van der Waals surface area contributed by atoms with E-state index in [1.165, 1.54) is 4.88 Å². The molecule has 0 unspecified atom stereocenters. The molecule has 5 nitrogen and oxygen atoms in total. The number of methoxy groups -OCH3 is 1. The minimum atomic E-state index is 0.556. The quantitative estimate of drug-likeness (QED) is 0.366. The van der Waals surface area contributed by atoms with E-state index in [2.05, 4.69) is 14.8 Å². The van der Waals surface area contributed by atoms with Crippen molar-refractivity contribution in [2.45, 2.75) is 17.5 Å². The molecular weight excluding hydrogens is 402 g/mol. The van der Waals surface area contributed by atoms with E-state index in [1.54, 1.807) is 36.5 Å². The van der Waals surface area contributed by atoms with E-state index in [4.69, 9.17) is 20.8 Å². The van der Waals surface area contributed by atoms with E-state index in [0.29, 0.717) is 6.54 Å². The van der Waals surface area contributed by atoms with Crippen molar-refractivity contribution in [1.29, 1.82) is 0 Å². The molecule has 0 radical (unpaired) electrons. The molecule has 0 aliphatic rings. The number of aromatic nitrogens is 3. The minimum absolute atomic E-state index is 0.556. The molecule has 8 heteroatoms. The molecule has 0 fully saturated rings. The summed E-state index contributed by atoms with van der Waals surface area (Å²) in [7, 11) is 1.65. The summed E-state index contributed by atoms with van der Waals surface area (Å²) in [5, 5.41) is 9.68. The van der Waals surface area contributed by atoms with Crippen LogP contribution in [0.15, 0.2) is 64.4 Å². The summed E-state index contributed by atoms with van der Waals surface area (Å²) >= 11 is 9.24. The molecule has 3 aromatic heterocycles. The molecule has 0 N–H and O–H groups in total. The SMILES string of the molecule is COc1cccc(-c2nnc(SCc3ccc(Cl)s3)n2Cc2ccco2)c1. The Labute approximate surface area is 169 Å². The van der Waals surface area contributed by atoms with Gasteiger partial charge < -0.3 is 9.15 Å². The highest BCUT2D eigenvalue weighted by Crippen LogP contribution is 2.31. The van der Waals surface area contributed by atoms with Gasteiger partial charge in [0.15, 0.2) is 11.0 Å². The second kappa shape index (κ2) is 8.21. The number of thiophene rings is 1. The van der Waals surface area contributed by atoms with Gasteiger partial charge in [0, 0.05) is 16.2 Å². The number of ether oxygens (including phenoxy) is 1. The monoisotopic (exact) mass is 417 g/mol. The van der Waals surface area contributed by atoms with E-state index < -0.39 is 0 Å². The number of rotatable bonds is 7. The van der Waals surface area contributed by atoms with E-state index in [1.807, 2.05) is 48.5 Å². The van der Waals surface area contributed by atoms with Gasteiger partial charge in [-0.1, -0.05) is 35.5 Å². The van der Waals surface area contributed by atoms with Crippen LogP contribution in [0.2, 0.25) is 4.34 Å². The summed E-state index contributed by atoms with van der Waals surface area (Å²) in [5.74, 6) is 3.19. The predicted octanol–water partition coefficient (Wildman–Crippen LogP) is 5.60. The standard InChI is InChI=1S/C19H16ClN3O2S2/c1-24-14-5-2-4-13(10-14)18-21-22-19(23(18)11-15-6-3-9-25-15)26-12-16-7-8-17(20)27-16/h2-10H,11-12H2,1H3. The Hall–Kier alpha value is -2.22. The molecule has 1 aromatic carbocycles. The maximum absolute atomic E-state index is 6.03. The van der Waals surface area contributed by atoms with E-state index in [9.17, 15) is 0 Å². The molecule has 4 rings (SSSR count). The van der Waals surface area contributed by atoms with Crippen LogP contribution < -0.4 is 4.74 Å². The van der Waals surface area contributed by atoms with Crippen molar-refractivity contribution in [3.8, 4) is 17.1 Å². The van der Waals surface area contributed by atoms with E-state index in [-0.39, 0.29) is 0 Å². The zero-order valence-corrected chi connectivity index (χ0v) is 16.9. The topological polar surface area (TPSA) is 53.1 Å². The smallest absolute Gasteiger partial charge is 0.192 e. The lowest BCUT2D eigenvalue weighted by Crippen LogP contribution is -2.03. The fraction of sp³-hybridized carbons (Fsp3) is 0.158. The van der Waals surface area contributed by atoms with Crippen molar-refractivity contribution < 1.29 is 9.15 Å². The number of hydrogen-bond acceptors (Lipinski definition) is 6.